The quantitative estimate of drug-likeness (QED) is 0.577. The van der Waals surface area contributed by atoms with E-state index in [1.807, 2.05) is 26.8 Å². The number of nitrogens with two attached hydrogens (primary N) is 1. The molecular weight excluding hydrogens is 256 g/mol. The fraction of sp³-hybridized carbons (Fsp3) is 0.462. The molecule has 4 N–H and O–H groups in total. The molecule has 0 radical (unpaired) electrons. The Hall–Kier alpha value is -2.31. The van der Waals surface area contributed by atoms with Gasteiger partial charge in [-0.3, -0.25) is 10.1 Å². The number of H-pyrrole nitrogens is 1. The van der Waals surface area contributed by atoms with Gasteiger partial charge in [-0.2, -0.15) is 5.10 Å². The van der Waals surface area contributed by atoms with Crippen molar-refractivity contribution in [2.75, 3.05) is 6.54 Å². The van der Waals surface area contributed by atoms with Crippen molar-refractivity contribution in [1.82, 2.24) is 20.5 Å². The van der Waals surface area contributed by atoms with Gasteiger partial charge in [0.1, 0.15) is 5.82 Å². The molecule has 0 aliphatic carbocycles. The summed E-state index contributed by atoms with van der Waals surface area (Å²) in [7, 11) is 0. The first kappa shape index (κ1) is 14.1. The molecule has 108 valence electrons. The molecular formula is C13H20N6O. The lowest BCUT2D eigenvalue weighted by atomic mass is 10.1. The van der Waals surface area contributed by atoms with E-state index >= 15 is 0 Å². The number of furan rings is 1. The van der Waals surface area contributed by atoms with E-state index in [4.69, 9.17) is 10.2 Å². The molecule has 0 aromatic carbocycles. The van der Waals surface area contributed by atoms with Crippen molar-refractivity contribution in [1.29, 1.82) is 0 Å². The number of aliphatic imine (C=N–C) groups is 1. The van der Waals surface area contributed by atoms with E-state index in [-0.39, 0.29) is 5.54 Å². The minimum atomic E-state index is -0.0910. The number of guanidine groups is 1. The molecule has 2 aromatic heterocycles. The van der Waals surface area contributed by atoms with Gasteiger partial charge in [0, 0.05) is 18.5 Å². The third kappa shape index (κ3) is 4.11. The predicted octanol–water partition coefficient (Wildman–Crippen LogP) is 1.31. The second kappa shape index (κ2) is 5.77. The number of hydrogen-bond acceptors (Lipinski definition) is 4. The number of aromatic amines is 1. The third-order valence-corrected chi connectivity index (χ3v) is 2.41. The summed E-state index contributed by atoms with van der Waals surface area (Å²) in [5, 5.41) is 10.1. The fourth-order valence-corrected chi connectivity index (χ4v) is 1.63. The van der Waals surface area contributed by atoms with Gasteiger partial charge in [-0.1, -0.05) is 0 Å². The summed E-state index contributed by atoms with van der Waals surface area (Å²) >= 11 is 0. The highest BCUT2D eigenvalue weighted by Gasteiger charge is 2.10. The number of aromatic nitrogens is 3. The van der Waals surface area contributed by atoms with E-state index in [1.54, 1.807) is 12.3 Å². The molecule has 0 amide bonds. The first-order chi connectivity index (χ1) is 9.44. The lowest BCUT2D eigenvalue weighted by Gasteiger charge is -2.20. The lowest BCUT2D eigenvalue weighted by Crippen LogP contribution is -2.45. The molecule has 0 unspecified atom stereocenters. The Morgan fingerprint density at radius 2 is 2.30 bits per heavy atom. The minimum absolute atomic E-state index is 0.0910. The number of hydrogen-bond donors (Lipinski definition) is 3. The summed E-state index contributed by atoms with van der Waals surface area (Å²) < 4.78 is 5.23. The standard InChI is InChI=1S/C13H20N6O/c1-13(2,3)17-12(14)15-7-6-10-16-11(19-18-10)9-5-4-8-20-9/h4-5,8H,6-7H2,1-3H3,(H3,14,15,17)(H,16,18,19). The molecule has 2 heterocycles. The van der Waals surface area contributed by atoms with Crippen molar-refractivity contribution in [3.05, 3.63) is 24.2 Å². The van der Waals surface area contributed by atoms with Crippen molar-refractivity contribution < 1.29 is 4.42 Å². The summed E-state index contributed by atoms with van der Waals surface area (Å²) in [4.78, 5) is 8.58. The average Bonchev–Trinajstić information content (AvgIpc) is 2.96. The predicted molar refractivity (Wildman–Crippen MR) is 77.2 cm³/mol. The zero-order chi connectivity index (χ0) is 14.6. The average molecular weight is 276 g/mol. The Morgan fingerprint density at radius 3 is 2.95 bits per heavy atom. The molecule has 0 bridgehead atoms. The van der Waals surface area contributed by atoms with Gasteiger partial charge < -0.3 is 15.5 Å². The van der Waals surface area contributed by atoms with Crippen LogP contribution >= 0.6 is 0 Å². The van der Waals surface area contributed by atoms with Crippen molar-refractivity contribution in [3.8, 4) is 11.6 Å². The summed E-state index contributed by atoms with van der Waals surface area (Å²) in [5.74, 6) is 2.38. The van der Waals surface area contributed by atoms with Crippen molar-refractivity contribution in [3.63, 3.8) is 0 Å². The minimum Gasteiger partial charge on any atom is -0.461 e. The zero-order valence-corrected chi connectivity index (χ0v) is 12.0. The highest BCUT2D eigenvalue weighted by Crippen LogP contribution is 2.14. The lowest BCUT2D eigenvalue weighted by molar-refractivity contribution is 0.508. The highest BCUT2D eigenvalue weighted by atomic mass is 16.3. The van der Waals surface area contributed by atoms with Crippen LogP contribution in [-0.4, -0.2) is 33.2 Å². The molecule has 0 saturated heterocycles. The number of nitrogens with one attached hydrogen (secondary N) is 2. The Labute approximate surface area is 117 Å². The van der Waals surface area contributed by atoms with Crippen LogP contribution in [0.5, 0.6) is 0 Å². The van der Waals surface area contributed by atoms with Gasteiger partial charge >= 0.3 is 0 Å². The summed E-state index contributed by atoms with van der Waals surface area (Å²) in [6, 6.07) is 3.62. The summed E-state index contributed by atoms with van der Waals surface area (Å²) in [6.07, 6.45) is 2.23. The largest absolute Gasteiger partial charge is 0.461 e. The van der Waals surface area contributed by atoms with Crippen LogP contribution in [-0.2, 0) is 6.42 Å². The van der Waals surface area contributed by atoms with Crippen LogP contribution in [0.1, 0.15) is 26.6 Å². The molecule has 0 aliphatic heterocycles. The smallest absolute Gasteiger partial charge is 0.216 e. The normalized spacial score (nSPS) is 12.7. The first-order valence-corrected chi connectivity index (χ1v) is 6.47. The molecule has 7 heteroatoms. The second-order valence-corrected chi connectivity index (χ2v) is 5.47. The van der Waals surface area contributed by atoms with Gasteiger partial charge in [0.15, 0.2) is 11.7 Å². The van der Waals surface area contributed by atoms with Crippen LogP contribution in [0.4, 0.5) is 0 Å². The Kier molecular flexibility index (Phi) is 4.07. The Bertz CT molecular complexity index is 564. The van der Waals surface area contributed by atoms with Crippen LogP contribution < -0.4 is 11.1 Å². The third-order valence-electron chi connectivity index (χ3n) is 2.41. The monoisotopic (exact) mass is 276 g/mol. The molecule has 0 saturated carbocycles. The van der Waals surface area contributed by atoms with Crippen LogP contribution in [0.3, 0.4) is 0 Å². The van der Waals surface area contributed by atoms with Gasteiger partial charge in [0.05, 0.1) is 6.26 Å². The van der Waals surface area contributed by atoms with Crippen LogP contribution in [0.15, 0.2) is 27.8 Å². The molecule has 0 fully saturated rings. The molecule has 2 rings (SSSR count). The fourth-order valence-electron chi connectivity index (χ4n) is 1.63. The molecule has 20 heavy (non-hydrogen) atoms. The van der Waals surface area contributed by atoms with Gasteiger partial charge in [-0.05, 0) is 32.9 Å². The van der Waals surface area contributed by atoms with E-state index < -0.39 is 0 Å². The van der Waals surface area contributed by atoms with E-state index in [1.165, 1.54) is 0 Å². The second-order valence-electron chi connectivity index (χ2n) is 5.47. The maximum absolute atomic E-state index is 5.78. The van der Waals surface area contributed by atoms with Crippen LogP contribution in [0.25, 0.3) is 11.6 Å². The van der Waals surface area contributed by atoms with Gasteiger partial charge in [-0.25, -0.2) is 4.98 Å². The van der Waals surface area contributed by atoms with Crippen molar-refractivity contribution in [2.45, 2.75) is 32.7 Å². The Morgan fingerprint density at radius 1 is 1.50 bits per heavy atom. The van der Waals surface area contributed by atoms with E-state index in [2.05, 4.69) is 25.5 Å². The van der Waals surface area contributed by atoms with Crippen LogP contribution in [0.2, 0.25) is 0 Å². The molecule has 0 atom stereocenters. The molecule has 0 aliphatic rings. The van der Waals surface area contributed by atoms with Gasteiger partial charge in [0.25, 0.3) is 0 Å². The summed E-state index contributed by atoms with van der Waals surface area (Å²) in [5.41, 5.74) is 5.69. The number of rotatable bonds is 4. The number of nitrogens with zero attached hydrogens (tertiary/aromatic N) is 3. The van der Waals surface area contributed by atoms with E-state index in [9.17, 15) is 0 Å². The van der Waals surface area contributed by atoms with Crippen molar-refractivity contribution >= 4 is 5.96 Å². The van der Waals surface area contributed by atoms with Crippen LogP contribution in [0, 0.1) is 0 Å². The zero-order valence-electron chi connectivity index (χ0n) is 12.0. The Balaban J connectivity index is 1.87. The summed E-state index contributed by atoms with van der Waals surface area (Å²) in [6.45, 7) is 6.63. The van der Waals surface area contributed by atoms with Gasteiger partial charge in [-0.15, -0.1) is 0 Å². The highest BCUT2D eigenvalue weighted by molar-refractivity contribution is 5.78. The van der Waals surface area contributed by atoms with E-state index in [0.29, 0.717) is 30.5 Å². The van der Waals surface area contributed by atoms with E-state index in [0.717, 1.165) is 5.82 Å². The topological polar surface area (TPSA) is 105 Å². The molecule has 7 nitrogen and oxygen atoms in total. The van der Waals surface area contributed by atoms with Gasteiger partial charge in [0.2, 0.25) is 5.82 Å². The molecule has 2 aromatic rings. The first-order valence-electron chi connectivity index (χ1n) is 6.47. The maximum atomic E-state index is 5.78. The molecule has 0 spiro atoms. The van der Waals surface area contributed by atoms with Crippen molar-refractivity contribution in [2.24, 2.45) is 10.7 Å². The SMILES string of the molecule is CC(C)(C)NC(N)=NCCc1nc(-c2ccco2)n[nH]1. The maximum Gasteiger partial charge on any atom is 0.216 e.